The van der Waals surface area contributed by atoms with Gasteiger partial charge in [-0.3, -0.25) is 0 Å². The largest absolute Gasteiger partial charge is 0.396 e. The van der Waals surface area contributed by atoms with Gasteiger partial charge in [-0.25, -0.2) is 0 Å². The van der Waals surface area contributed by atoms with Crippen molar-refractivity contribution >= 4 is 21.6 Å². The summed E-state index contributed by atoms with van der Waals surface area (Å²) in [5, 5.41) is 9.31. The molecule has 1 aromatic rings. The topological polar surface area (TPSA) is 23.5 Å². The van der Waals surface area contributed by atoms with Crippen LogP contribution in [0.4, 0.5) is 5.69 Å². The summed E-state index contributed by atoms with van der Waals surface area (Å²) in [4.78, 5) is 2.45. The average molecular weight is 298 g/mol. The first-order valence-corrected chi connectivity index (χ1v) is 6.97. The minimum Gasteiger partial charge on any atom is -0.396 e. The van der Waals surface area contributed by atoms with E-state index in [0.29, 0.717) is 12.5 Å². The van der Waals surface area contributed by atoms with Crippen molar-refractivity contribution in [3.8, 4) is 0 Å². The Balaban J connectivity index is 2.25. The second-order valence-electron chi connectivity index (χ2n) is 5.46. The Labute approximate surface area is 112 Å². The predicted octanol–water partition coefficient (Wildman–Crippen LogP) is 3.44. The van der Waals surface area contributed by atoms with Gasteiger partial charge in [0.15, 0.2) is 0 Å². The summed E-state index contributed by atoms with van der Waals surface area (Å²) >= 11 is 3.62. The van der Waals surface area contributed by atoms with Gasteiger partial charge in [-0.15, -0.1) is 0 Å². The molecule has 0 bridgehead atoms. The third-order valence-corrected chi connectivity index (χ3v) is 4.35. The number of hydrogen-bond acceptors (Lipinski definition) is 2. The molecular weight excluding hydrogens is 278 g/mol. The molecule has 3 heteroatoms. The molecule has 0 saturated carbocycles. The van der Waals surface area contributed by atoms with E-state index in [1.54, 1.807) is 0 Å². The lowest BCUT2D eigenvalue weighted by atomic mass is 9.82. The van der Waals surface area contributed by atoms with Crippen molar-refractivity contribution in [3.05, 3.63) is 28.7 Å². The van der Waals surface area contributed by atoms with Gasteiger partial charge in [-0.2, -0.15) is 0 Å². The van der Waals surface area contributed by atoms with E-state index in [1.165, 1.54) is 5.69 Å². The fraction of sp³-hybridized carbons (Fsp3) is 0.571. The van der Waals surface area contributed by atoms with Gasteiger partial charge in [-0.1, -0.05) is 12.1 Å². The van der Waals surface area contributed by atoms with Crippen LogP contribution in [0.5, 0.6) is 0 Å². The van der Waals surface area contributed by atoms with E-state index >= 15 is 0 Å². The summed E-state index contributed by atoms with van der Waals surface area (Å²) in [6.07, 6.45) is 2.12. The maximum Gasteiger partial charge on any atom is 0.0515 e. The minimum absolute atomic E-state index is 0.107. The maximum atomic E-state index is 9.31. The number of anilines is 1. The highest BCUT2D eigenvalue weighted by Gasteiger charge is 2.35. The van der Waals surface area contributed by atoms with Crippen molar-refractivity contribution < 1.29 is 5.11 Å². The lowest BCUT2D eigenvalue weighted by Gasteiger charge is -2.47. The molecule has 1 N–H and O–H groups in total. The van der Waals surface area contributed by atoms with E-state index in [0.717, 1.165) is 23.9 Å². The van der Waals surface area contributed by atoms with Crippen LogP contribution < -0.4 is 4.90 Å². The lowest BCUT2D eigenvalue weighted by molar-refractivity contribution is 0.166. The smallest absolute Gasteiger partial charge is 0.0515 e. The third kappa shape index (κ3) is 2.66. The summed E-state index contributed by atoms with van der Waals surface area (Å²) in [6, 6.07) is 8.37. The van der Waals surface area contributed by atoms with Gasteiger partial charge in [0.05, 0.1) is 5.69 Å². The highest BCUT2D eigenvalue weighted by Crippen LogP contribution is 2.38. The minimum atomic E-state index is 0.107. The van der Waals surface area contributed by atoms with Crippen LogP contribution in [-0.4, -0.2) is 23.8 Å². The molecule has 1 saturated heterocycles. The van der Waals surface area contributed by atoms with Crippen LogP contribution in [0.1, 0.15) is 26.7 Å². The number of halogens is 1. The monoisotopic (exact) mass is 297 g/mol. The molecule has 1 aromatic carbocycles. The first kappa shape index (κ1) is 12.9. The third-order valence-electron chi connectivity index (χ3n) is 3.68. The first-order chi connectivity index (χ1) is 8.04. The molecule has 17 heavy (non-hydrogen) atoms. The molecule has 1 unspecified atom stereocenters. The van der Waals surface area contributed by atoms with E-state index < -0.39 is 0 Å². The maximum absolute atomic E-state index is 9.31. The van der Waals surface area contributed by atoms with Crippen LogP contribution in [-0.2, 0) is 0 Å². The van der Waals surface area contributed by atoms with Crippen molar-refractivity contribution in [2.45, 2.75) is 32.2 Å². The molecule has 0 aromatic heterocycles. The highest BCUT2D eigenvalue weighted by atomic mass is 79.9. The molecule has 2 rings (SSSR count). The van der Waals surface area contributed by atoms with E-state index in [1.807, 2.05) is 6.07 Å². The Morgan fingerprint density at radius 2 is 2.12 bits per heavy atom. The van der Waals surface area contributed by atoms with E-state index in [2.05, 4.69) is 52.9 Å². The number of benzene rings is 1. The summed E-state index contributed by atoms with van der Waals surface area (Å²) < 4.78 is 1.15. The van der Waals surface area contributed by atoms with Crippen LogP contribution >= 0.6 is 15.9 Å². The normalized spacial score (nSPS) is 23.8. The molecule has 1 fully saturated rings. The molecule has 1 atom stereocenters. The molecule has 1 aliphatic heterocycles. The van der Waals surface area contributed by atoms with Gasteiger partial charge in [0.25, 0.3) is 0 Å². The standard InChI is InChI=1S/C14H20BrNO/c1-14(2)9-11(10-17)7-8-16(14)13-6-4-3-5-12(13)15/h3-6,11,17H,7-10H2,1-2H3. The zero-order valence-corrected chi connectivity index (χ0v) is 12.1. The van der Waals surface area contributed by atoms with E-state index in [-0.39, 0.29) is 5.54 Å². The summed E-state index contributed by atoms with van der Waals surface area (Å²) in [7, 11) is 0. The molecule has 0 spiro atoms. The molecule has 1 heterocycles. The number of nitrogens with zero attached hydrogens (tertiary/aromatic N) is 1. The SMILES string of the molecule is CC1(C)CC(CO)CCN1c1ccccc1Br. The second kappa shape index (κ2) is 4.99. The summed E-state index contributed by atoms with van der Waals surface area (Å²) in [5.74, 6) is 0.448. The van der Waals surface area contributed by atoms with Gasteiger partial charge < -0.3 is 10.0 Å². The summed E-state index contributed by atoms with van der Waals surface area (Å²) in [6.45, 7) is 5.84. The van der Waals surface area contributed by atoms with E-state index in [9.17, 15) is 5.11 Å². The Kier molecular flexibility index (Phi) is 3.79. The van der Waals surface area contributed by atoms with Crippen molar-refractivity contribution in [3.63, 3.8) is 0 Å². The predicted molar refractivity (Wildman–Crippen MR) is 75.4 cm³/mol. The number of aliphatic hydroxyl groups is 1. The van der Waals surface area contributed by atoms with Gasteiger partial charge in [0.1, 0.15) is 0 Å². The van der Waals surface area contributed by atoms with Crippen molar-refractivity contribution in [1.82, 2.24) is 0 Å². The van der Waals surface area contributed by atoms with Crippen molar-refractivity contribution in [2.24, 2.45) is 5.92 Å². The Morgan fingerprint density at radius 1 is 1.41 bits per heavy atom. The van der Waals surface area contributed by atoms with Crippen LogP contribution in [0, 0.1) is 5.92 Å². The molecule has 1 aliphatic rings. The van der Waals surface area contributed by atoms with Crippen LogP contribution in [0.25, 0.3) is 0 Å². The quantitative estimate of drug-likeness (QED) is 0.904. The van der Waals surface area contributed by atoms with Crippen molar-refractivity contribution in [1.29, 1.82) is 0 Å². The molecule has 0 aliphatic carbocycles. The van der Waals surface area contributed by atoms with Gasteiger partial charge >= 0.3 is 0 Å². The summed E-state index contributed by atoms with van der Waals surface area (Å²) in [5.41, 5.74) is 1.36. The average Bonchev–Trinajstić information content (AvgIpc) is 2.29. The molecule has 2 nitrogen and oxygen atoms in total. The Morgan fingerprint density at radius 3 is 2.71 bits per heavy atom. The Hall–Kier alpha value is -0.540. The van der Waals surface area contributed by atoms with E-state index in [4.69, 9.17) is 0 Å². The van der Waals surface area contributed by atoms with Gasteiger partial charge in [-0.05, 0) is 60.7 Å². The number of hydrogen-bond donors (Lipinski definition) is 1. The Bertz CT molecular complexity index is 392. The van der Waals surface area contributed by atoms with Gasteiger partial charge in [0.2, 0.25) is 0 Å². The number of para-hydroxylation sites is 1. The molecule has 94 valence electrons. The lowest BCUT2D eigenvalue weighted by Crippen LogP contribution is -2.51. The fourth-order valence-corrected chi connectivity index (χ4v) is 3.30. The highest BCUT2D eigenvalue weighted by molar-refractivity contribution is 9.10. The van der Waals surface area contributed by atoms with Crippen LogP contribution in [0.3, 0.4) is 0 Å². The van der Waals surface area contributed by atoms with Crippen LogP contribution in [0.15, 0.2) is 28.7 Å². The fourth-order valence-electron chi connectivity index (χ4n) is 2.81. The number of aliphatic hydroxyl groups excluding tert-OH is 1. The first-order valence-electron chi connectivity index (χ1n) is 6.17. The molecular formula is C14H20BrNO. The zero-order chi connectivity index (χ0) is 12.5. The van der Waals surface area contributed by atoms with Gasteiger partial charge in [0, 0.05) is 23.2 Å². The number of rotatable bonds is 2. The number of piperidine rings is 1. The van der Waals surface area contributed by atoms with Crippen molar-refractivity contribution in [2.75, 3.05) is 18.1 Å². The van der Waals surface area contributed by atoms with Crippen LogP contribution in [0.2, 0.25) is 0 Å². The second-order valence-corrected chi connectivity index (χ2v) is 6.31. The zero-order valence-electron chi connectivity index (χ0n) is 10.5. The molecule has 0 amide bonds. The molecule has 0 radical (unpaired) electrons.